The molecule has 8 heteroatoms. The molecular formula is C15H16ClFN4OS. The predicted octanol–water partition coefficient (Wildman–Crippen LogP) is 3.09. The molecule has 1 aromatic carbocycles. The average Bonchev–Trinajstić information content (AvgIpc) is 2.97. The van der Waals surface area contributed by atoms with Gasteiger partial charge in [0.15, 0.2) is 5.16 Å². The van der Waals surface area contributed by atoms with Gasteiger partial charge >= 0.3 is 0 Å². The number of thioether (sulfide) groups is 1. The van der Waals surface area contributed by atoms with Gasteiger partial charge in [0.1, 0.15) is 5.82 Å². The molecule has 2 heterocycles. The van der Waals surface area contributed by atoms with E-state index in [4.69, 9.17) is 16.3 Å². The van der Waals surface area contributed by atoms with E-state index in [1.807, 2.05) is 10.6 Å². The first kappa shape index (κ1) is 16.3. The summed E-state index contributed by atoms with van der Waals surface area (Å²) in [4.78, 5) is 2.08. The Balaban J connectivity index is 2.00. The zero-order valence-corrected chi connectivity index (χ0v) is 14.0. The van der Waals surface area contributed by atoms with E-state index in [2.05, 4.69) is 21.7 Å². The third-order valence-electron chi connectivity index (χ3n) is 3.33. The SMILES string of the molecule is C=C(Cl)CSc1nnc(N2CCOCC2)n1-c1cccc(F)c1. The summed E-state index contributed by atoms with van der Waals surface area (Å²) < 4.78 is 20.9. The first-order chi connectivity index (χ1) is 11.1. The molecule has 23 heavy (non-hydrogen) atoms. The maximum atomic E-state index is 13.6. The zero-order chi connectivity index (χ0) is 16.2. The number of anilines is 1. The van der Waals surface area contributed by atoms with Crippen LogP contribution in [0, 0.1) is 5.82 Å². The van der Waals surface area contributed by atoms with Gasteiger partial charge in [0.05, 0.1) is 18.9 Å². The molecule has 0 amide bonds. The lowest BCUT2D eigenvalue weighted by molar-refractivity contribution is 0.122. The first-order valence-electron chi connectivity index (χ1n) is 7.15. The molecule has 1 saturated heterocycles. The van der Waals surface area contributed by atoms with Crippen LogP contribution in [0.4, 0.5) is 10.3 Å². The van der Waals surface area contributed by atoms with Crippen LogP contribution < -0.4 is 4.90 Å². The minimum atomic E-state index is -0.304. The van der Waals surface area contributed by atoms with Crippen molar-refractivity contribution in [2.24, 2.45) is 0 Å². The van der Waals surface area contributed by atoms with Crippen LogP contribution in [0.3, 0.4) is 0 Å². The summed E-state index contributed by atoms with van der Waals surface area (Å²) in [6.07, 6.45) is 0. The van der Waals surface area contributed by atoms with E-state index in [0.29, 0.717) is 40.8 Å². The van der Waals surface area contributed by atoms with Gasteiger partial charge < -0.3 is 9.64 Å². The first-order valence-corrected chi connectivity index (χ1v) is 8.51. The predicted molar refractivity (Wildman–Crippen MR) is 90.1 cm³/mol. The van der Waals surface area contributed by atoms with Gasteiger partial charge in [-0.15, -0.1) is 10.2 Å². The van der Waals surface area contributed by atoms with Crippen molar-refractivity contribution in [2.45, 2.75) is 5.16 Å². The van der Waals surface area contributed by atoms with Crippen molar-refractivity contribution < 1.29 is 9.13 Å². The minimum absolute atomic E-state index is 0.304. The Morgan fingerprint density at radius 2 is 2.13 bits per heavy atom. The van der Waals surface area contributed by atoms with Crippen molar-refractivity contribution in [2.75, 3.05) is 37.0 Å². The van der Waals surface area contributed by atoms with Gasteiger partial charge in [0.25, 0.3) is 0 Å². The summed E-state index contributed by atoms with van der Waals surface area (Å²) in [5.41, 5.74) is 0.680. The highest BCUT2D eigenvalue weighted by Gasteiger charge is 2.22. The number of aromatic nitrogens is 3. The summed E-state index contributed by atoms with van der Waals surface area (Å²) in [6, 6.07) is 6.38. The molecule has 122 valence electrons. The van der Waals surface area contributed by atoms with Gasteiger partial charge in [-0.2, -0.15) is 0 Å². The van der Waals surface area contributed by atoms with Crippen LogP contribution in [0.15, 0.2) is 41.0 Å². The lowest BCUT2D eigenvalue weighted by Gasteiger charge is -2.27. The van der Waals surface area contributed by atoms with Gasteiger partial charge in [-0.25, -0.2) is 4.39 Å². The van der Waals surface area contributed by atoms with Crippen LogP contribution in [0.1, 0.15) is 0 Å². The van der Waals surface area contributed by atoms with Crippen molar-refractivity contribution >= 4 is 29.3 Å². The summed E-state index contributed by atoms with van der Waals surface area (Å²) in [5.74, 6) is 0.890. The molecule has 0 unspecified atom stereocenters. The quantitative estimate of drug-likeness (QED) is 0.772. The van der Waals surface area contributed by atoms with E-state index in [1.54, 1.807) is 6.07 Å². The van der Waals surface area contributed by atoms with Gasteiger partial charge in [0, 0.05) is 23.9 Å². The fourth-order valence-electron chi connectivity index (χ4n) is 2.31. The number of halogens is 2. The lowest BCUT2D eigenvalue weighted by Crippen LogP contribution is -2.37. The molecule has 1 aliphatic heterocycles. The molecule has 1 aromatic heterocycles. The van der Waals surface area contributed by atoms with Crippen LogP contribution in [0.25, 0.3) is 5.69 Å². The average molecular weight is 355 g/mol. The molecule has 1 fully saturated rings. The molecular weight excluding hydrogens is 339 g/mol. The third-order valence-corrected chi connectivity index (χ3v) is 4.64. The monoisotopic (exact) mass is 354 g/mol. The Kier molecular flexibility index (Phi) is 5.20. The van der Waals surface area contributed by atoms with Crippen LogP contribution in [-0.2, 0) is 4.74 Å². The molecule has 3 rings (SSSR count). The highest BCUT2D eigenvalue weighted by molar-refractivity contribution is 7.99. The molecule has 2 aromatic rings. The fraction of sp³-hybridized carbons (Fsp3) is 0.333. The van der Waals surface area contributed by atoms with Crippen molar-refractivity contribution in [3.8, 4) is 5.69 Å². The Morgan fingerprint density at radius 3 is 2.83 bits per heavy atom. The van der Waals surface area contributed by atoms with E-state index in [-0.39, 0.29) is 5.82 Å². The smallest absolute Gasteiger partial charge is 0.232 e. The Bertz CT molecular complexity index is 703. The summed E-state index contributed by atoms with van der Waals surface area (Å²) >= 11 is 7.27. The highest BCUT2D eigenvalue weighted by Crippen LogP contribution is 2.28. The van der Waals surface area contributed by atoms with Crippen molar-refractivity contribution in [3.63, 3.8) is 0 Å². The topological polar surface area (TPSA) is 43.2 Å². The van der Waals surface area contributed by atoms with Crippen molar-refractivity contribution in [3.05, 3.63) is 41.7 Å². The molecule has 0 N–H and O–H groups in total. The summed E-state index contributed by atoms with van der Waals surface area (Å²) in [7, 11) is 0. The molecule has 0 bridgehead atoms. The van der Waals surface area contributed by atoms with Crippen molar-refractivity contribution in [1.29, 1.82) is 0 Å². The fourth-order valence-corrected chi connectivity index (χ4v) is 3.17. The minimum Gasteiger partial charge on any atom is -0.378 e. The Hall–Kier alpha value is -1.57. The van der Waals surface area contributed by atoms with E-state index < -0.39 is 0 Å². The molecule has 0 radical (unpaired) electrons. The Morgan fingerprint density at radius 1 is 1.35 bits per heavy atom. The molecule has 1 aliphatic rings. The van der Waals surface area contributed by atoms with Crippen LogP contribution in [0.5, 0.6) is 0 Å². The second-order valence-corrected chi connectivity index (χ2v) is 6.48. The van der Waals surface area contributed by atoms with Crippen LogP contribution in [-0.4, -0.2) is 46.8 Å². The normalized spacial score (nSPS) is 15.0. The van der Waals surface area contributed by atoms with Gasteiger partial charge in [-0.3, -0.25) is 4.57 Å². The molecule has 0 spiro atoms. The largest absolute Gasteiger partial charge is 0.378 e. The highest BCUT2D eigenvalue weighted by atomic mass is 35.5. The Labute approximate surface area is 143 Å². The number of ether oxygens (including phenoxy) is 1. The number of rotatable bonds is 5. The van der Waals surface area contributed by atoms with E-state index in [1.165, 1.54) is 23.9 Å². The number of hydrogen-bond acceptors (Lipinski definition) is 5. The van der Waals surface area contributed by atoms with E-state index >= 15 is 0 Å². The van der Waals surface area contributed by atoms with Gasteiger partial charge in [-0.1, -0.05) is 36.0 Å². The molecule has 0 saturated carbocycles. The standard InChI is InChI=1S/C15H16ClFN4OS/c1-11(16)10-23-15-19-18-14(20-5-7-22-8-6-20)21(15)13-4-2-3-12(17)9-13/h2-4,9H,1,5-8,10H2. The van der Waals surface area contributed by atoms with Gasteiger partial charge in [-0.05, 0) is 18.2 Å². The van der Waals surface area contributed by atoms with Crippen molar-refractivity contribution in [1.82, 2.24) is 14.8 Å². The third kappa shape index (κ3) is 3.85. The maximum absolute atomic E-state index is 13.6. The van der Waals surface area contributed by atoms with Crippen LogP contribution in [0.2, 0.25) is 0 Å². The maximum Gasteiger partial charge on any atom is 0.232 e. The van der Waals surface area contributed by atoms with E-state index in [0.717, 1.165) is 13.1 Å². The van der Waals surface area contributed by atoms with Gasteiger partial charge in [0.2, 0.25) is 5.95 Å². The summed E-state index contributed by atoms with van der Waals surface area (Å²) in [5, 5.41) is 9.71. The summed E-state index contributed by atoms with van der Waals surface area (Å²) in [6.45, 7) is 6.40. The number of hydrogen-bond donors (Lipinski definition) is 0. The lowest BCUT2D eigenvalue weighted by atomic mass is 10.3. The molecule has 0 atom stereocenters. The van der Waals surface area contributed by atoms with Crippen LogP contribution >= 0.6 is 23.4 Å². The van der Waals surface area contributed by atoms with E-state index in [9.17, 15) is 4.39 Å². The zero-order valence-electron chi connectivity index (χ0n) is 12.4. The second kappa shape index (κ2) is 7.33. The number of benzene rings is 1. The number of nitrogens with zero attached hydrogens (tertiary/aromatic N) is 4. The number of morpholine rings is 1. The second-order valence-electron chi connectivity index (χ2n) is 5.00. The molecule has 0 aliphatic carbocycles. The molecule has 5 nitrogen and oxygen atoms in total.